The van der Waals surface area contributed by atoms with Gasteiger partial charge in [0.1, 0.15) is 5.58 Å². The number of rotatable bonds is 9. The van der Waals surface area contributed by atoms with Crippen LogP contribution in [0.1, 0.15) is 25.1 Å². The van der Waals surface area contributed by atoms with E-state index >= 15 is 0 Å². The summed E-state index contributed by atoms with van der Waals surface area (Å²) < 4.78 is 7.99. The third-order valence-corrected chi connectivity index (χ3v) is 5.68. The first-order valence-electron chi connectivity index (χ1n) is 10.3. The molecule has 3 aromatic rings. The van der Waals surface area contributed by atoms with Crippen LogP contribution in [-0.4, -0.2) is 30.0 Å². The second-order valence-corrected chi connectivity index (χ2v) is 7.71. The van der Waals surface area contributed by atoms with Gasteiger partial charge in [-0.3, -0.25) is 4.99 Å². The van der Waals surface area contributed by atoms with Gasteiger partial charge in [0.15, 0.2) is 12.7 Å². The molecule has 0 bridgehead atoms. The molecule has 0 unspecified atom stereocenters. The van der Waals surface area contributed by atoms with Gasteiger partial charge in [-0.15, -0.1) is 0 Å². The summed E-state index contributed by atoms with van der Waals surface area (Å²) in [5.41, 5.74) is 2.66. The molecule has 0 atom stereocenters. The first-order chi connectivity index (χ1) is 15.0. The van der Waals surface area contributed by atoms with Crippen molar-refractivity contribution in [3.8, 4) is 0 Å². The van der Waals surface area contributed by atoms with Crippen LogP contribution in [0.4, 0.5) is 5.69 Å². The Balaban J connectivity index is 1.86. The van der Waals surface area contributed by atoms with E-state index in [4.69, 9.17) is 4.42 Å². The highest BCUT2D eigenvalue weighted by Crippen LogP contribution is 2.22. The lowest BCUT2D eigenvalue weighted by molar-refractivity contribution is -0.696. The monoisotopic (exact) mass is 531 g/mol. The van der Waals surface area contributed by atoms with E-state index in [-0.39, 0.29) is 11.5 Å². The van der Waals surface area contributed by atoms with Crippen LogP contribution >= 0.6 is 22.6 Å². The van der Waals surface area contributed by atoms with Gasteiger partial charge in [0, 0.05) is 52.9 Å². The summed E-state index contributed by atoms with van der Waals surface area (Å²) in [4.78, 5) is 18.8. The Morgan fingerprint density at radius 2 is 2.00 bits per heavy atom. The Morgan fingerprint density at radius 1 is 1.19 bits per heavy atom. The van der Waals surface area contributed by atoms with Gasteiger partial charge in [0.25, 0.3) is 0 Å². The lowest BCUT2D eigenvalue weighted by Gasteiger charge is -2.20. The number of aliphatic imine (C=N–C) groups is 1. The van der Waals surface area contributed by atoms with E-state index in [0.29, 0.717) is 28.7 Å². The fourth-order valence-electron chi connectivity index (χ4n) is 3.36. The topological polar surface area (TPSA) is 72.8 Å². The van der Waals surface area contributed by atoms with Crippen LogP contribution in [0.25, 0.3) is 23.1 Å². The van der Waals surface area contributed by atoms with Crippen LogP contribution in [0.5, 0.6) is 0 Å². The van der Waals surface area contributed by atoms with Gasteiger partial charge in [0.2, 0.25) is 5.69 Å². The van der Waals surface area contributed by atoms with E-state index in [1.807, 2.05) is 75.8 Å². The van der Waals surface area contributed by atoms with Crippen molar-refractivity contribution in [2.75, 3.05) is 29.0 Å². The summed E-state index contributed by atoms with van der Waals surface area (Å²) in [6, 6.07) is 13.6. The zero-order valence-corrected chi connectivity index (χ0v) is 19.9. The van der Waals surface area contributed by atoms with Crippen molar-refractivity contribution in [1.82, 2.24) is 0 Å². The zero-order chi connectivity index (χ0) is 22.2. The molecule has 0 aliphatic heterocycles. The van der Waals surface area contributed by atoms with Gasteiger partial charge in [-0.05, 0) is 50.1 Å². The molecule has 3 rings (SSSR count). The Hall–Kier alpha value is -2.68. The molecule has 1 aromatic carbocycles. The molecule has 31 heavy (non-hydrogen) atoms. The maximum atomic E-state index is 12.5. The van der Waals surface area contributed by atoms with Crippen molar-refractivity contribution in [1.29, 1.82) is 0 Å². The largest absolute Gasteiger partial charge is 0.861 e. The van der Waals surface area contributed by atoms with Gasteiger partial charge in [0.05, 0.1) is 12.1 Å². The molecule has 0 saturated heterocycles. The number of halogens is 1. The van der Waals surface area contributed by atoms with Crippen LogP contribution in [0.15, 0.2) is 62.9 Å². The third kappa shape index (κ3) is 5.94. The van der Waals surface area contributed by atoms with E-state index in [9.17, 15) is 9.90 Å². The quantitative estimate of drug-likeness (QED) is 0.106. The molecule has 0 N–H and O–H groups in total. The number of hydrogen-bond donors (Lipinski definition) is 0. The van der Waals surface area contributed by atoms with E-state index in [0.717, 1.165) is 29.9 Å². The highest BCUT2D eigenvalue weighted by atomic mass is 127. The van der Waals surface area contributed by atoms with Crippen molar-refractivity contribution in [3.63, 3.8) is 0 Å². The number of benzene rings is 1. The maximum absolute atomic E-state index is 12.5. The van der Waals surface area contributed by atoms with Crippen LogP contribution in [0.3, 0.4) is 0 Å². The molecule has 0 spiro atoms. The molecule has 0 saturated carbocycles. The number of hydrogen-bond acceptors (Lipinski definition) is 5. The first-order valence-corrected chi connectivity index (χ1v) is 11.8. The number of fused-ring (bicyclic) bond motifs is 1. The van der Waals surface area contributed by atoms with Crippen molar-refractivity contribution in [3.05, 3.63) is 70.3 Å². The number of anilines is 1. The van der Waals surface area contributed by atoms with Gasteiger partial charge < -0.3 is 14.4 Å². The van der Waals surface area contributed by atoms with Crippen molar-refractivity contribution in [2.24, 2.45) is 4.99 Å². The summed E-state index contributed by atoms with van der Waals surface area (Å²) >= 11 is 2.01. The Bertz CT molecular complexity index is 1150. The molecule has 2 heterocycles. The van der Waals surface area contributed by atoms with E-state index in [2.05, 4.69) is 29.8 Å². The van der Waals surface area contributed by atoms with Crippen LogP contribution in [0.2, 0.25) is 0 Å². The lowest BCUT2D eigenvalue weighted by Crippen LogP contribution is -2.38. The molecular weight excluding hydrogens is 505 g/mol. The minimum Gasteiger partial charge on any atom is -0.861 e. The fraction of sp³-hybridized carbons (Fsp3) is 0.292. The molecule has 7 heteroatoms. The molecular formula is C24H26IN3O3. The predicted molar refractivity (Wildman–Crippen MR) is 133 cm³/mol. The summed E-state index contributed by atoms with van der Waals surface area (Å²) in [6.07, 6.45) is 5.58. The van der Waals surface area contributed by atoms with Crippen LogP contribution in [0, 0.1) is 0 Å². The fourth-order valence-corrected chi connectivity index (χ4v) is 3.60. The second kappa shape index (κ2) is 11.1. The van der Waals surface area contributed by atoms with Crippen LogP contribution in [-0.2, 0) is 6.54 Å². The number of alkyl halides is 1. The molecule has 0 fully saturated rings. The lowest BCUT2D eigenvalue weighted by atomic mass is 10.1. The van der Waals surface area contributed by atoms with Crippen molar-refractivity contribution < 1.29 is 14.1 Å². The third-order valence-electron chi connectivity index (χ3n) is 5.03. The number of nitrogens with zero attached hydrogens (tertiary/aromatic N) is 3. The van der Waals surface area contributed by atoms with Gasteiger partial charge in [-0.2, -0.15) is 4.57 Å². The average Bonchev–Trinajstić information content (AvgIpc) is 2.79. The smallest absolute Gasteiger partial charge is 0.343 e. The first kappa shape index (κ1) is 23.0. The predicted octanol–water partition coefficient (Wildman–Crippen LogP) is 3.29. The summed E-state index contributed by atoms with van der Waals surface area (Å²) in [7, 11) is 0. The number of pyridine rings is 1. The minimum atomic E-state index is -0.370. The molecule has 0 amide bonds. The molecule has 0 radical (unpaired) electrons. The molecule has 6 nitrogen and oxygen atoms in total. The molecule has 0 aliphatic rings. The Labute approximate surface area is 195 Å². The SMILES string of the molecule is CCN(CC)c1ccc2cc(/C=C/c3cccc[n+]3CCN=C([O-])CI)c(=O)oc2c1. The van der Waals surface area contributed by atoms with Crippen molar-refractivity contribution in [2.45, 2.75) is 20.4 Å². The highest BCUT2D eigenvalue weighted by Gasteiger charge is 2.09. The standard InChI is InChI=1S/C24H26IN3O3/c1-3-27(4-2)21-11-8-18-15-19(24(30)31-22(18)16-21)9-10-20-7-5-6-13-28(20)14-12-26-23(29)17-25/h5-11,13,15-16H,3-4,12,14,17H2,1-2H3. The molecule has 162 valence electrons. The summed E-state index contributed by atoms with van der Waals surface area (Å²) in [5, 5.41) is 12.3. The van der Waals surface area contributed by atoms with Gasteiger partial charge in [-0.25, -0.2) is 4.79 Å². The van der Waals surface area contributed by atoms with E-state index in [1.54, 1.807) is 6.08 Å². The second-order valence-electron chi connectivity index (χ2n) is 6.94. The van der Waals surface area contributed by atoms with E-state index in [1.165, 1.54) is 0 Å². The number of aromatic nitrogens is 1. The Kier molecular flexibility index (Phi) is 8.22. The van der Waals surface area contributed by atoms with E-state index < -0.39 is 0 Å². The van der Waals surface area contributed by atoms with Crippen LogP contribution < -0.4 is 20.2 Å². The normalized spacial score (nSPS) is 12.0. The zero-order valence-electron chi connectivity index (χ0n) is 17.8. The maximum Gasteiger partial charge on any atom is 0.343 e. The highest BCUT2D eigenvalue weighted by molar-refractivity contribution is 14.1. The summed E-state index contributed by atoms with van der Waals surface area (Å²) in [6.45, 7) is 6.99. The summed E-state index contributed by atoms with van der Waals surface area (Å²) in [5.74, 6) is -0.104. The Morgan fingerprint density at radius 3 is 2.74 bits per heavy atom. The van der Waals surface area contributed by atoms with Gasteiger partial charge >= 0.3 is 5.63 Å². The average molecular weight is 531 g/mol. The molecule has 2 aromatic heterocycles. The van der Waals surface area contributed by atoms with Crippen molar-refractivity contribution >= 4 is 57.3 Å². The molecule has 0 aliphatic carbocycles. The minimum absolute atomic E-state index is 0.104. The van der Waals surface area contributed by atoms with Gasteiger partial charge in [-0.1, -0.05) is 22.6 Å².